The molecule has 124 valence electrons. The van der Waals surface area contributed by atoms with Gasteiger partial charge in [0.2, 0.25) is 0 Å². The lowest BCUT2D eigenvalue weighted by Gasteiger charge is -2.27. The van der Waals surface area contributed by atoms with E-state index in [1.54, 1.807) is 23.1 Å². The fraction of sp³-hybridized carbons (Fsp3) is 0.294. The Morgan fingerprint density at radius 1 is 1.21 bits per heavy atom. The van der Waals surface area contributed by atoms with Crippen LogP contribution in [0.25, 0.3) is 0 Å². The van der Waals surface area contributed by atoms with Gasteiger partial charge in [-0.2, -0.15) is 18.4 Å². The van der Waals surface area contributed by atoms with E-state index in [0.29, 0.717) is 11.4 Å². The molecule has 24 heavy (non-hydrogen) atoms. The van der Waals surface area contributed by atoms with Crippen LogP contribution in [0.3, 0.4) is 0 Å². The van der Waals surface area contributed by atoms with Gasteiger partial charge in [0.15, 0.2) is 0 Å². The third kappa shape index (κ3) is 3.05. The lowest BCUT2D eigenvalue weighted by Crippen LogP contribution is -2.26. The van der Waals surface area contributed by atoms with Gasteiger partial charge in [-0.3, -0.25) is 0 Å². The quantitative estimate of drug-likeness (QED) is 0.916. The molecule has 1 fully saturated rings. The van der Waals surface area contributed by atoms with Crippen molar-refractivity contribution < 1.29 is 18.3 Å². The molecule has 2 aromatic rings. The van der Waals surface area contributed by atoms with Crippen LogP contribution in [0.4, 0.5) is 19.0 Å². The Bertz CT molecular complexity index is 768. The number of hydrogen-bond acceptors (Lipinski definition) is 4. The van der Waals surface area contributed by atoms with Crippen molar-refractivity contribution in [3.05, 3.63) is 59.3 Å². The summed E-state index contributed by atoms with van der Waals surface area (Å²) in [6.07, 6.45) is -3.65. The van der Waals surface area contributed by atoms with Crippen molar-refractivity contribution in [2.45, 2.75) is 24.7 Å². The third-order valence-electron chi connectivity index (χ3n) is 4.08. The molecule has 0 spiro atoms. The molecule has 2 heterocycles. The molecule has 4 nitrogen and oxygen atoms in total. The SMILES string of the molecule is N#Cc1ccc(N2C[C@H](O)C[C@@H]2c2ccccc2C(F)(F)F)nc1. The normalized spacial score (nSPS) is 20.9. The molecule has 0 bridgehead atoms. The number of alkyl halides is 3. The minimum atomic E-state index is -4.46. The summed E-state index contributed by atoms with van der Waals surface area (Å²) >= 11 is 0. The number of nitrogens with zero attached hydrogens (tertiary/aromatic N) is 3. The number of pyridine rings is 1. The minimum absolute atomic E-state index is 0.118. The van der Waals surface area contributed by atoms with Crippen LogP contribution >= 0.6 is 0 Å². The number of aliphatic hydroxyl groups excluding tert-OH is 1. The molecule has 1 N–H and O–H groups in total. The molecule has 0 saturated carbocycles. The predicted octanol–water partition coefficient (Wildman–Crippen LogP) is 3.28. The van der Waals surface area contributed by atoms with E-state index < -0.39 is 23.9 Å². The van der Waals surface area contributed by atoms with Gasteiger partial charge in [-0.25, -0.2) is 4.98 Å². The maximum Gasteiger partial charge on any atom is 0.416 e. The molecule has 0 aliphatic carbocycles. The number of rotatable bonds is 2. The highest BCUT2D eigenvalue weighted by Crippen LogP contribution is 2.41. The van der Waals surface area contributed by atoms with Gasteiger partial charge in [-0.05, 0) is 30.2 Å². The van der Waals surface area contributed by atoms with Crippen LogP contribution in [-0.4, -0.2) is 22.7 Å². The first-order chi connectivity index (χ1) is 11.4. The second-order valence-electron chi connectivity index (χ2n) is 5.66. The van der Waals surface area contributed by atoms with E-state index in [0.717, 1.165) is 6.07 Å². The molecule has 7 heteroatoms. The summed E-state index contributed by atoms with van der Waals surface area (Å²) in [4.78, 5) is 5.79. The minimum Gasteiger partial charge on any atom is -0.391 e. The summed E-state index contributed by atoms with van der Waals surface area (Å²) in [5.74, 6) is 0.438. The van der Waals surface area contributed by atoms with Gasteiger partial charge < -0.3 is 10.0 Å². The molecule has 1 aromatic carbocycles. The van der Waals surface area contributed by atoms with E-state index >= 15 is 0 Å². The highest BCUT2D eigenvalue weighted by molar-refractivity contribution is 5.48. The largest absolute Gasteiger partial charge is 0.416 e. The second-order valence-corrected chi connectivity index (χ2v) is 5.66. The molecule has 0 amide bonds. The van der Waals surface area contributed by atoms with Crippen molar-refractivity contribution in [3.63, 3.8) is 0 Å². The van der Waals surface area contributed by atoms with Crippen molar-refractivity contribution in [1.29, 1.82) is 5.26 Å². The zero-order valence-electron chi connectivity index (χ0n) is 12.5. The zero-order valence-corrected chi connectivity index (χ0v) is 12.5. The van der Waals surface area contributed by atoms with Crippen LogP contribution in [0, 0.1) is 11.3 Å². The fourth-order valence-corrected chi connectivity index (χ4v) is 3.03. The van der Waals surface area contributed by atoms with Crippen LogP contribution in [0.1, 0.15) is 29.2 Å². The Hall–Kier alpha value is -2.59. The highest BCUT2D eigenvalue weighted by atomic mass is 19.4. The maximum absolute atomic E-state index is 13.3. The van der Waals surface area contributed by atoms with Gasteiger partial charge in [-0.15, -0.1) is 0 Å². The van der Waals surface area contributed by atoms with E-state index in [9.17, 15) is 18.3 Å². The monoisotopic (exact) mass is 333 g/mol. The van der Waals surface area contributed by atoms with Crippen molar-refractivity contribution in [1.82, 2.24) is 4.98 Å². The van der Waals surface area contributed by atoms with Crippen LogP contribution in [0.2, 0.25) is 0 Å². The van der Waals surface area contributed by atoms with Crippen LogP contribution in [0.5, 0.6) is 0 Å². The van der Waals surface area contributed by atoms with Gasteiger partial charge in [0, 0.05) is 12.7 Å². The fourth-order valence-electron chi connectivity index (χ4n) is 3.03. The number of anilines is 1. The van der Waals surface area contributed by atoms with Gasteiger partial charge in [0.25, 0.3) is 0 Å². The number of nitriles is 1. The first-order valence-corrected chi connectivity index (χ1v) is 7.37. The Labute approximate surface area is 136 Å². The summed E-state index contributed by atoms with van der Waals surface area (Å²) in [7, 11) is 0. The average Bonchev–Trinajstić information content (AvgIpc) is 2.96. The smallest absolute Gasteiger partial charge is 0.391 e. The van der Waals surface area contributed by atoms with Crippen molar-refractivity contribution in [2.24, 2.45) is 0 Å². The number of hydrogen-bond donors (Lipinski definition) is 1. The van der Waals surface area contributed by atoms with Gasteiger partial charge >= 0.3 is 6.18 Å². The molecule has 1 aromatic heterocycles. The lowest BCUT2D eigenvalue weighted by atomic mass is 9.97. The summed E-state index contributed by atoms with van der Waals surface area (Å²) in [5, 5.41) is 18.8. The summed E-state index contributed by atoms with van der Waals surface area (Å²) in [5.41, 5.74) is -0.221. The number of halogens is 3. The number of β-amino-alcohol motifs (C(OH)–C–C–N with tert-alkyl or cyclic N) is 1. The zero-order chi connectivity index (χ0) is 17.3. The van der Waals surface area contributed by atoms with Crippen LogP contribution in [-0.2, 0) is 6.18 Å². The number of aliphatic hydroxyl groups is 1. The Morgan fingerprint density at radius 3 is 2.58 bits per heavy atom. The van der Waals surface area contributed by atoms with Crippen LogP contribution in [0.15, 0.2) is 42.6 Å². The van der Waals surface area contributed by atoms with Crippen molar-refractivity contribution in [2.75, 3.05) is 11.4 Å². The van der Waals surface area contributed by atoms with E-state index in [1.165, 1.54) is 18.3 Å². The summed E-state index contributed by atoms with van der Waals surface area (Å²) in [6, 6.07) is 9.84. The number of aromatic nitrogens is 1. The molecular weight excluding hydrogens is 319 g/mol. The number of benzene rings is 1. The Balaban J connectivity index is 2.01. The Morgan fingerprint density at radius 2 is 1.96 bits per heavy atom. The second kappa shape index (κ2) is 6.13. The van der Waals surface area contributed by atoms with Gasteiger partial charge in [-0.1, -0.05) is 18.2 Å². The predicted molar refractivity (Wildman–Crippen MR) is 81.1 cm³/mol. The molecule has 3 rings (SSSR count). The highest BCUT2D eigenvalue weighted by Gasteiger charge is 2.40. The summed E-state index contributed by atoms with van der Waals surface area (Å²) < 4.78 is 39.9. The first kappa shape index (κ1) is 16.3. The van der Waals surface area contributed by atoms with Crippen molar-refractivity contribution >= 4 is 5.82 Å². The molecular formula is C17H14F3N3O. The Kier molecular flexibility index (Phi) is 4.16. The molecule has 0 radical (unpaired) electrons. The van der Waals surface area contributed by atoms with Gasteiger partial charge in [0.05, 0.1) is 23.3 Å². The van der Waals surface area contributed by atoms with E-state index in [4.69, 9.17) is 5.26 Å². The maximum atomic E-state index is 13.3. The topological polar surface area (TPSA) is 60.2 Å². The van der Waals surface area contributed by atoms with E-state index in [-0.39, 0.29) is 18.5 Å². The third-order valence-corrected chi connectivity index (χ3v) is 4.08. The van der Waals surface area contributed by atoms with E-state index in [1.807, 2.05) is 6.07 Å². The summed E-state index contributed by atoms with van der Waals surface area (Å²) in [6.45, 7) is 0.190. The van der Waals surface area contributed by atoms with Crippen LogP contribution < -0.4 is 4.90 Å². The van der Waals surface area contributed by atoms with E-state index in [2.05, 4.69) is 4.98 Å². The molecule has 0 unspecified atom stereocenters. The standard InChI is InChI=1S/C17H14F3N3O/c18-17(19,20)14-4-2-1-3-13(14)15-7-12(24)10-23(15)16-6-5-11(8-21)9-22-16/h1-6,9,12,15,24H,7,10H2/t12-,15-/m1/s1. The van der Waals surface area contributed by atoms with Gasteiger partial charge in [0.1, 0.15) is 11.9 Å². The van der Waals surface area contributed by atoms with Crippen molar-refractivity contribution in [3.8, 4) is 6.07 Å². The molecule has 1 aliphatic heterocycles. The first-order valence-electron chi connectivity index (χ1n) is 7.37. The molecule has 2 atom stereocenters. The molecule has 1 saturated heterocycles. The molecule has 1 aliphatic rings. The lowest BCUT2D eigenvalue weighted by molar-refractivity contribution is -0.138. The average molecular weight is 333 g/mol.